The molecule has 6 nitrogen and oxygen atoms in total. The third-order valence-electron chi connectivity index (χ3n) is 4.92. The minimum Gasteiger partial charge on any atom is -0.478 e. The number of halogens is 1. The zero-order chi connectivity index (χ0) is 22.1. The summed E-state index contributed by atoms with van der Waals surface area (Å²) in [7, 11) is 1.66. The largest absolute Gasteiger partial charge is 0.478 e. The third-order valence-corrected chi connectivity index (χ3v) is 6.23. The van der Waals surface area contributed by atoms with E-state index in [9.17, 15) is 14.7 Å². The Kier molecular flexibility index (Phi) is 5.71. The van der Waals surface area contributed by atoms with Gasteiger partial charge < -0.3 is 9.67 Å². The van der Waals surface area contributed by atoms with E-state index in [1.165, 1.54) is 22.7 Å². The van der Waals surface area contributed by atoms with Crippen LogP contribution in [0.5, 0.6) is 0 Å². The predicted molar refractivity (Wildman–Crippen MR) is 124 cm³/mol. The summed E-state index contributed by atoms with van der Waals surface area (Å²) in [6.07, 6.45) is 3.74. The topological polar surface area (TPSA) is 74.9 Å². The van der Waals surface area contributed by atoms with Crippen LogP contribution in [-0.2, 0) is 4.79 Å². The maximum absolute atomic E-state index is 12.8. The number of aromatic nitrogens is 1. The van der Waals surface area contributed by atoms with Crippen molar-refractivity contribution >= 4 is 52.2 Å². The van der Waals surface area contributed by atoms with Crippen molar-refractivity contribution in [3.05, 3.63) is 87.5 Å². The molecule has 2 aromatic carbocycles. The number of amidine groups is 1. The standard InChI is InChI=1S/C23H18ClN3O3S/c1-14-18(22(29)30)6-3-7-19(14)25-23-26(2)21(28)20(31-23)13-17-5-4-12-27(17)16-10-8-15(24)9-11-16/h3-13H,1-2H3,(H,29,30)/b20-13-,25-23?. The van der Waals surface area contributed by atoms with Crippen LogP contribution in [0.3, 0.4) is 0 Å². The number of hydrogen-bond acceptors (Lipinski definition) is 4. The molecule has 1 amide bonds. The quantitative estimate of drug-likeness (QED) is 0.541. The Bertz CT molecular complexity index is 1250. The van der Waals surface area contributed by atoms with Crippen molar-refractivity contribution < 1.29 is 14.7 Å². The Morgan fingerprint density at radius 2 is 1.87 bits per heavy atom. The highest BCUT2D eigenvalue weighted by atomic mass is 35.5. The second kappa shape index (κ2) is 8.45. The summed E-state index contributed by atoms with van der Waals surface area (Å²) in [6.45, 7) is 1.71. The zero-order valence-corrected chi connectivity index (χ0v) is 18.3. The Morgan fingerprint density at radius 1 is 1.13 bits per heavy atom. The van der Waals surface area contributed by atoms with Gasteiger partial charge in [-0.15, -0.1) is 0 Å². The average Bonchev–Trinajstić information content (AvgIpc) is 3.30. The number of nitrogens with zero attached hydrogens (tertiary/aromatic N) is 3. The van der Waals surface area contributed by atoms with Crippen LogP contribution in [-0.4, -0.2) is 38.7 Å². The van der Waals surface area contributed by atoms with Gasteiger partial charge in [0.05, 0.1) is 16.2 Å². The molecular weight excluding hydrogens is 434 g/mol. The van der Waals surface area contributed by atoms with Crippen molar-refractivity contribution in [1.29, 1.82) is 0 Å². The van der Waals surface area contributed by atoms with Crippen LogP contribution < -0.4 is 0 Å². The molecule has 0 aliphatic carbocycles. The first-order valence-corrected chi connectivity index (χ1v) is 10.6. The van der Waals surface area contributed by atoms with E-state index in [1.807, 2.05) is 53.2 Å². The van der Waals surface area contributed by atoms with Gasteiger partial charge in [-0.2, -0.15) is 0 Å². The third kappa shape index (κ3) is 4.15. The summed E-state index contributed by atoms with van der Waals surface area (Å²) in [4.78, 5) is 30.8. The van der Waals surface area contributed by atoms with Gasteiger partial charge in [0.15, 0.2) is 5.17 Å². The average molecular weight is 452 g/mol. The number of hydrogen-bond donors (Lipinski definition) is 1. The van der Waals surface area contributed by atoms with Gasteiger partial charge in [0, 0.05) is 29.6 Å². The predicted octanol–water partition coefficient (Wildman–Crippen LogP) is 5.37. The van der Waals surface area contributed by atoms with Crippen LogP contribution in [0.2, 0.25) is 5.02 Å². The number of aromatic carboxylic acids is 1. The first-order valence-electron chi connectivity index (χ1n) is 9.37. The smallest absolute Gasteiger partial charge is 0.336 e. The number of rotatable bonds is 4. The van der Waals surface area contributed by atoms with Crippen molar-refractivity contribution in [3.8, 4) is 5.69 Å². The van der Waals surface area contributed by atoms with Gasteiger partial charge in [-0.05, 0) is 78.9 Å². The van der Waals surface area contributed by atoms with Crippen LogP contribution in [0, 0.1) is 6.92 Å². The lowest BCUT2D eigenvalue weighted by Crippen LogP contribution is -2.23. The summed E-state index contributed by atoms with van der Waals surface area (Å²) in [5.74, 6) is -1.17. The second-order valence-corrected chi connectivity index (χ2v) is 8.35. The Balaban J connectivity index is 1.67. The van der Waals surface area contributed by atoms with Crippen LogP contribution in [0.4, 0.5) is 5.69 Å². The molecule has 1 fully saturated rings. The number of likely N-dealkylation sites (N-methyl/N-ethyl adjacent to an activating group) is 1. The lowest BCUT2D eigenvalue weighted by molar-refractivity contribution is -0.121. The highest BCUT2D eigenvalue weighted by molar-refractivity contribution is 8.18. The van der Waals surface area contributed by atoms with Crippen molar-refractivity contribution in [1.82, 2.24) is 9.47 Å². The van der Waals surface area contributed by atoms with E-state index >= 15 is 0 Å². The van der Waals surface area contributed by atoms with Crippen molar-refractivity contribution in [2.24, 2.45) is 4.99 Å². The minimum absolute atomic E-state index is 0.167. The molecule has 8 heteroatoms. The molecule has 1 saturated heterocycles. The fraction of sp³-hybridized carbons (Fsp3) is 0.0870. The normalized spacial score (nSPS) is 16.5. The molecule has 1 aliphatic heterocycles. The fourth-order valence-corrected chi connectivity index (χ4v) is 4.30. The molecule has 0 saturated carbocycles. The van der Waals surface area contributed by atoms with Crippen LogP contribution in [0.15, 0.2) is 70.7 Å². The summed E-state index contributed by atoms with van der Waals surface area (Å²) in [6, 6.07) is 16.2. The highest BCUT2D eigenvalue weighted by Crippen LogP contribution is 2.34. The molecule has 0 radical (unpaired) electrons. The first kappa shape index (κ1) is 21.0. The summed E-state index contributed by atoms with van der Waals surface area (Å²) in [5.41, 5.74) is 3.04. The zero-order valence-electron chi connectivity index (χ0n) is 16.7. The van der Waals surface area contributed by atoms with E-state index < -0.39 is 5.97 Å². The number of carboxylic acid groups (broad SMARTS) is 1. The Labute approximate surface area is 188 Å². The molecule has 4 rings (SSSR count). The number of thioether (sulfide) groups is 1. The number of benzene rings is 2. The van der Waals surface area contributed by atoms with Crippen molar-refractivity contribution in [2.75, 3.05) is 7.05 Å². The number of aliphatic imine (C=N–C) groups is 1. The molecule has 1 aromatic heterocycles. The maximum atomic E-state index is 12.8. The molecular formula is C23H18ClN3O3S. The molecule has 2 heterocycles. The summed E-state index contributed by atoms with van der Waals surface area (Å²) >= 11 is 7.24. The van der Waals surface area contributed by atoms with E-state index in [1.54, 1.807) is 26.1 Å². The van der Waals surface area contributed by atoms with E-state index in [0.717, 1.165) is 11.4 Å². The summed E-state index contributed by atoms with van der Waals surface area (Å²) in [5, 5.41) is 10.5. The van der Waals surface area contributed by atoms with E-state index in [0.29, 0.717) is 26.3 Å². The highest BCUT2D eigenvalue weighted by Gasteiger charge is 2.31. The molecule has 31 heavy (non-hydrogen) atoms. The van der Waals surface area contributed by atoms with Crippen LogP contribution in [0.25, 0.3) is 11.8 Å². The molecule has 0 bridgehead atoms. The molecule has 0 spiro atoms. The van der Waals surface area contributed by atoms with E-state index in [-0.39, 0.29) is 11.5 Å². The lowest BCUT2D eigenvalue weighted by Gasteiger charge is -2.09. The minimum atomic E-state index is -1.01. The van der Waals surface area contributed by atoms with Gasteiger partial charge in [0.2, 0.25) is 0 Å². The number of carboxylic acids is 1. The SMILES string of the molecule is Cc1c(N=C2S/C(=C\c3cccn3-c3ccc(Cl)cc3)C(=O)N2C)cccc1C(=O)O. The molecule has 0 atom stereocenters. The van der Waals surface area contributed by atoms with Crippen molar-refractivity contribution in [2.45, 2.75) is 6.92 Å². The molecule has 1 N–H and O–H groups in total. The Hall–Kier alpha value is -3.29. The van der Waals surface area contributed by atoms with Crippen LogP contribution in [0.1, 0.15) is 21.6 Å². The molecule has 0 unspecified atom stereocenters. The molecule has 1 aliphatic rings. The second-order valence-electron chi connectivity index (χ2n) is 6.90. The van der Waals surface area contributed by atoms with E-state index in [2.05, 4.69) is 4.99 Å². The number of carbonyl (C=O) groups excluding carboxylic acids is 1. The number of carbonyl (C=O) groups is 2. The molecule has 3 aromatic rings. The van der Waals surface area contributed by atoms with Gasteiger partial charge in [-0.25, -0.2) is 9.79 Å². The van der Waals surface area contributed by atoms with Gasteiger partial charge in [-0.3, -0.25) is 9.69 Å². The monoisotopic (exact) mass is 451 g/mol. The fourth-order valence-electron chi connectivity index (χ4n) is 3.21. The van der Waals surface area contributed by atoms with Gasteiger partial charge in [0.1, 0.15) is 0 Å². The maximum Gasteiger partial charge on any atom is 0.336 e. The van der Waals surface area contributed by atoms with Crippen LogP contribution >= 0.6 is 23.4 Å². The van der Waals surface area contributed by atoms with Gasteiger partial charge >= 0.3 is 5.97 Å². The Morgan fingerprint density at radius 3 is 2.58 bits per heavy atom. The van der Waals surface area contributed by atoms with Gasteiger partial charge in [-0.1, -0.05) is 17.7 Å². The number of amides is 1. The summed E-state index contributed by atoms with van der Waals surface area (Å²) < 4.78 is 1.97. The van der Waals surface area contributed by atoms with E-state index in [4.69, 9.17) is 11.6 Å². The lowest BCUT2D eigenvalue weighted by atomic mass is 10.1. The molecule has 156 valence electrons. The van der Waals surface area contributed by atoms with Crippen molar-refractivity contribution in [3.63, 3.8) is 0 Å². The van der Waals surface area contributed by atoms with Gasteiger partial charge in [0.25, 0.3) is 5.91 Å². The first-order chi connectivity index (χ1) is 14.8.